The van der Waals surface area contributed by atoms with Gasteiger partial charge in [-0.3, -0.25) is 9.89 Å². The highest BCUT2D eigenvalue weighted by Gasteiger charge is 2.16. The van der Waals surface area contributed by atoms with Gasteiger partial charge in [0.1, 0.15) is 23.1 Å². The molecule has 0 spiro atoms. The van der Waals surface area contributed by atoms with E-state index < -0.39 is 17.5 Å². The molecule has 152 valence electrons. The van der Waals surface area contributed by atoms with Crippen molar-refractivity contribution in [3.05, 3.63) is 71.8 Å². The van der Waals surface area contributed by atoms with Crippen LogP contribution < -0.4 is 14.8 Å². The molecule has 1 aromatic heterocycles. The van der Waals surface area contributed by atoms with E-state index in [9.17, 15) is 13.6 Å². The van der Waals surface area contributed by atoms with Crippen LogP contribution in [0, 0.1) is 11.6 Å². The minimum atomic E-state index is -0.945. The number of rotatable bonds is 5. The highest BCUT2D eigenvalue weighted by molar-refractivity contribution is 6.08. The van der Waals surface area contributed by atoms with Crippen molar-refractivity contribution in [2.24, 2.45) is 0 Å². The zero-order chi connectivity index (χ0) is 21.3. The zero-order valence-electron chi connectivity index (χ0n) is 16.1. The Hall–Kier alpha value is -3.94. The van der Waals surface area contributed by atoms with Crippen LogP contribution in [0.1, 0.15) is 10.4 Å². The van der Waals surface area contributed by atoms with E-state index in [1.807, 2.05) is 24.3 Å². The van der Waals surface area contributed by atoms with Crippen LogP contribution in [0.25, 0.3) is 22.0 Å². The summed E-state index contributed by atoms with van der Waals surface area (Å²) in [6.45, 7) is 0. The van der Waals surface area contributed by atoms with Crippen molar-refractivity contribution < 1.29 is 23.0 Å². The van der Waals surface area contributed by atoms with Gasteiger partial charge in [-0.25, -0.2) is 8.78 Å². The summed E-state index contributed by atoms with van der Waals surface area (Å²) in [4.78, 5) is 12.4. The van der Waals surface area contributed by atoms with Crippen molar-refractivity contribution in [1.82, 2.24) is 10.2 Å². The van der Waals surface area contributed by atoms with Crippen molar-refractivity contribution in [1.29, 1.82) is 0 Å². The van der Waals surface area contributed by atoms with Gasteiger partial charge in [-0.05, 0) is 48.0 Å². The van der Waals surface area contributed by atoms with Gasteiger partial charge < -0.3 is 14.8 Å². The first-order valence-corrected chi connectivity index (χ1v) is 8.97. The molecule has 0 fully saturated rings. The molecule has 0 saturated heterocycles. The molecule has 0 unspecified atom stereocenters. The highest BCUT2D eigenvalue weighted by Crippen LogP contribution is 2.35. The van der Waals surface area contributed by atoms with Crippen molar-refractivity contribution in [2.45, 2.75) is 0 Å². The molecule has 0 saturated carbocycles. The summed E-state index contributed by atoms with van der Waals surface area (Å²) in [5.74, 6) is -0.823. The minimum absolute atomic E-state index is 0.239. The van der Waals surface area contributed by atoms with E-state index in [4.69, 9.17) is 9.47 Å². The lowest BCUT2D eigenvalue weighted by atomic mass is 10.0. The number of halogens is 2. The summed E-state index contributed by atoms with van der Waals surface area (Å²) in [5.41, 5.74) is 2.06. The maximum Gasteiger partial charge on any atom is 0.259 e. The van der Waals surface area contributed by atoms with Crippen molar-refractivity contribution in [2.75, 3.05) is 19.5 Å². The fraction of sp³-hybridized carbons (Fsp3) is 0.0909. The first kappa shape index (κ1) is 19.4. The number of hydrogen-bond acceptors (Lipinski definition) is 4. The lowest BCUT2D eigenvalue weighted by Gasteiger charge is -2.11. The van der Waals surface area contributed by atoms with Gasteiger partial charge in [-0.1, -0.05) is 6.07 Å². The summed E-state index contributed by atoms with van der Waals surface area (Å²) < 4.78 is 37.7. The Morgan fingerprint density at radius 1 is 1.00 bits per heavy atom. The molecule has 4 aromatic rings. The molecule has 0 bridgehead atoms. The van der Waals surface area contributed by atoms with Crippen molar-refractivity contribution in [3.8, 4) is 22.6 Å². The molecule has 0 aliphatic rings. The van der Waals surface area contributed by atoms with Crippen LogP contribution in [0.4, 0.5) is 14.6 Å². The Labute approximate surface area is 170 Å². The molecule has 6 nitrogen and oxygen atoms in total. The van der Waals surface area contributed by atoms with Crippen LogP contribution >= 0.6 is 0 Å². The fourth-order valence-corrected chi connectivity index (χ4v) is 3.17. The SMILES string of the molecule is COc1ccc(OC)c(-c2ccc3c(NC(=O)c4ccc(F)cc4F)n[nH]c3c2)c1. The van der Waals surface area contributed by atoms with E-state index >= 15 is 0 Å². The van der Waals surface area contributed by atoms with Crippen molar-refractivity contribution in [3.63, 3.8) is 0 Å². The predicted molar refractivity (Wildman–Crippen MR) is 109 cm³/mol. The third-order valence-corrected chi connectivity index (χ3v) is 4.69. The molecule has 1 amide bonds. The minimum Gasteiger partial charge on any atom is -0.497 e. The van der Waals surface area contributed by atoms with Gasteiger partial charge in [0.25, 0.3) is 5.91 Å². The Balaban J connectivity index is 1.67. The summed E-state index contributed by atoms with van der Waals surface area (Å²) in [5, 5.41) is 10.2. The van der Waals surface area contributed by atoms with Crippen LogP contribution in [-0.2, 0) is 0 Å². The number of anilines is 1. The van der Waals surface area contributed by atoms with Gasteiger partial charge in [-0.15, -0.1) is 0 Å². The van der Waals surface area contributed by atoms with Gasteiger partial charge in [-0.2, -0.15) is 5.10 Å². The second-order valence-corrected chi connectivity index (χ2v) is 6.48. The first-order valence-electron chi connectivity index (χ1n) is 8.97. The molecule has 0 radical (unpaired) electrons. The van der Waals surface area contributed by atoms with Crippen LogP contribution in [-0.4, -0.2) is 30.3 Å². The molecule has 0 atom stereocenters. The Morgan fingerprint density at radius 2 is 1.83 bits per heavy atom. The number of nitrogens with zero attached hydrogens (tertiary/aromatic N) is 1. The third kappa shape index (κ3) is 3.55. The molecule has 0 aliphatic carbocycles. The molecular formula is C22H17F2N3O3. The fourth-order valence-electron chi connectivity index (χ4n) is 3.17. The monoisotopic (exact) mass is 409 g/mol. The second kappa shape index (κ2) is 7.82. The van der Waals surface area contributed by atoms with E-state index in [1.165, 1.54) is 0 Å². The topological polar surface area (TPSA) is 76.2 Å². The number of fused-ring (bicyclic) bond motifs is 1. The largest absolute Gasteiger partial charge is 0.497 e. The number of ether oxygens (including phenoxy) is 2. The molecule has 0 aliphatic heterocycles. The van der Waals surface area contributed by atoms with Gasteiger partial charge in [0.15, 0.2) is 5.82 Å². The summed E-state index contributed by atoms with van der Waals surface area (Å²) in [6.07, 6.45) is 0. The number of benzene rings is 3. The maximum atomic E-state index is 13.9. The number of amides is 1. The number of methoxy groups -OCH3 is 2. The van der Waals surface area contributed by atoms with Gasteiger partial charge in [0.05, 0.1) is 25.3 Å². The van der Waals surface area contributed by atoms with E-state index in [-0.39, 0.29) is 11.4 Å². The summed E-state index contributed by atoms with van der Waals surface area (Å²) in [7, 11) is 3.17. The lowest BCUT2D eigenvalue weighted by molar-refractivity contribution is 0.102. The van der Waals surface area contributed by atoms with Gasteiger partial charge >= 0.3 is 0 Å². The second-order valence-electron chi connectivity index (χ2n) is 6.48. The van der Waals surface area contributed by atoms with E-state index in [0.717, 1.165) is 23.3 Å². The Bertz CT molecular complexity index is 1250. The number of aromatic nitrogens is 2. The average Bonchev–Trinajstić information content (AvgIpc) is 3.15. The molecule has 2 N–H and O–H groups in total. The molecule has 30 heavy (non-hydrogen) atoms. The van der Waals surface area contributed by atoms with Crippen LogP contribution in [0.3, 0.4) is 0 Å². The number of aromatic amines is 1. The quantitative estimate of drug-likeness (QED) is 0.498. The zero-order valence-corrected chi connectivity index (χ0v) is 16.1. The Morgan fingerprint density at radius 3 is 2.57 bits per heavy atom. The number of hydrogen-bond donors (Lipinski definition) is 2. The summed E-state index contributed by atoms with van der Waals surface area (Å²) >= 11 is 0. The molecule has 3 aromatic carbocycles. The lowest BCUT2D eigenvalue weighted by Crippen LogP contribution is -2.14. The standard InChI is InChI=1S/C22H17F2N3O3/c1-29-14-5-8-20(30-2)17(11-14)12-3-6-16-19(9-12)26-27-21(16)25-22(28)15-7-4-13(23)10-18(15)24/h3-11H,1-2H3,(H2,25,26,27,28). The first-order chi connectivity index (χ1) is 14.5. The van der Waals surface area contributed by atoms with E-state index in [0.29, 0.717) is 28.5 Å². The molecule has 1 heterocycles. The van der Waals surface area contributed by atoms with E-state index in [2.05, 4.69) is 15.5 Å². The normalized spacial score (nSPS) is 10.8. The number of carbonyl (C=O) groups excluding carboxylic acids is 1. The van der Waals surface area contributed by atoms with Crippen molar-refractivity contribution >= 4 is 22.6 Å². The van der Waals surface area contributed by atoms with Crippen LogP contribution in [0.2, 0.25) is 0 Å². The van der Waals surface area contributed by atoms with E-state index in [1.54, 1.807) is 26.4 Å². The molecule has 4 rings (SSSR count). The number of nitrogens with one attached hydrogen (secondary N) is 2. The van der Waals surface area contributed by atoms with Crippen LogP contribution in [0.5, 0.6) is 11.5 Å². The number of H-pyrrole nitrogens is 1. The average molecular weight is 409 g/mol. The third-order valence-electron chi connectivity index (χ3n) is 4.69. The van der Waals surface area contributed by atoms with Gasteiger partial charge in [0, 0.05) is 17.0 Å². The molecular weight excluding hydrogens is 392 g/mol. The predicted octanol–water partition coefficient (Wildman–Crippen LogP) is 4.78. The maximum absolute atomic E-state index is 13.9. The van der Waals surface area contributed by atoms with Crippen LogP contribution in [0.15, 0.2) is 54.6 Å². The Kier molecular flexibility index (Phi) is 5.05. The molecule has 8 heteroatoms. The number of carbonyl (C=O) groups is 1. The van der Waals surface area contributed by atoms with Gasteiger partial charge in [0.2, 0.25) is 0 Å². The highest BCUT2D eigenvalue weighted by atomic mass is 19.1. The smallest absolute Gasteiger partial charge is 0.259 e. The summed E-state index contributed by atoms with van der Waals surface area (Å²) in [6, 6.07) is 13.7.